The second-order valence-corrected chi connectivity index (χ2v) is 7.16. The van der Waals surface area contributed by atoms with Gasteiger partial charge in [-0.1, -0.05) is 0 Å². The zero-order chi connectivity index (χ0) is 19.4. The highest BCUT2D eigenvalue weighted by molar-refractivity contribution is 5.94. The Labute approximate surface area is 157 Å². The largest absolute Gasteiger partial charge is 0.369 e. The molecule has 146 valence electrons. The number of halogens is 1. The maximum absolute atomic E-state index is 13.0. The molecule has 27 heavy (non-hydrogen) atoms. The van der Waals surface area contributed by atoms with Crippen LogP contribution in [0.25, 0.3) is 0 Å². The van der Waals surface area contributed by atoms with Crippen LogP contribution in [0.15, 0.2) is 24.3 Å². The Hall–Kier alpha value is -2.48. The molecule has 1 atom stereocenters. The molecular formula is C19H25FN4O3. The maximum Gasteiger partial charge on any atom is 0.253 e. The fraction of sp³-hybridized carbons (Fsp3) is 0.526. The van der Waals surface area contributed by atoms with E-state index in [0.29, 0.717) is 44.8 Å². The number of carbonyl (C=O) groups is 3. The summed E-state index contributed by atoms with van der Waals surface area (Å²) in [6.07, 6.45) is 1.53. The summed E-state index contributed by atoms with van der Waals surface area (Å²) >= 11 is 0. The van der Waals surface area contributed by atoms with Gasteiger partial charge in [-0.2, -0.15) is 0 Å². The van der Waals surface area contributed by atoms with Crippen molar-refractivity contribution < 1.29 is 18.8 Å². The van der Waals surface area contributed by atoms with E-state index >= 15 is 0 Å². The van der Waals surface area contributed by atoms with Gasteiger partial charge in [0.25, 0.3) is 5.91 Å². The molecule has 0 spiro atoms. The van der Waals surface area contributed by atoms with E-state index < -0.39 is 0 Å². The third-order valence-electron chi connectivity index (χ3n) is 5.29. The van der Waals surface area contributed by atoms with Crippen LogP contribution < -0.4 is 5.73 Å². The Kier molecular flexibility index (Phi) is 6.05. The normalized spacial score (nSPS) is 21.1. The molecule has 2 fully saturated rings. The summed E-state index contributed by atoms with van der Waals surface area (Å²) in [4.78, 5) is 41.8. The van der Waals surface area contributed by atoms with Gasteiger partial charge in [-0.3, -0.25) is 19.3 Å². The van der Waals surface area contributed by atoms with E-state index in [0.717, 1.165) is 12.8 Å². The van der Waals surface area contributed by atoms with Crippen LogP contribution in [-0.2, 0) is 9.59 Å². The molecule has 1 aromatic rings. The lowest BCUT2D eigenvalue weighted by molar-refractivity contribution is -0.136. The van der Waals surface area contributed by atoms with E-state index in [9.17, 15) is 18.8 Å². The van der Waals surface area contributed by atoms with Gasteiger partial charge in [-0.15, -0.1) is 0 Å². The zero-order valence-electron chi connectivity index (χ0n) is 15.3. The molecule has 1 unspecified atom stereocenters. The van der Waals surface area contributed by atoms with Crippen molar-refractivity contribution >= 4 is 17.7 Å². The van der Waals surface area contributed by atoms with Crippen molar-refractivity contribution in [3.05, 3.63) is 35.6 Å². The number of hydrogen-bond acceptors (Lipinski definition) is 4. The summed E-state index contributed by atoms with van der Waals surface area (Å²) in [6.45, 7) is 3.59. The molecule has 2 aliphatic rings. The number of piperazine rings is 1. The molecule has 0 radical (unpaired) electrons. The molecule has 0 bridgehead atoms. The highest BCUT2D eigenvalue weighted by atomic mass is 19.1. The van der Waals surface area contributed by atoms with E-state index in [-0.39, 0.29) is 36.0 Å². The minimum absolute atomic E-state index is 0.000684. The van der Waals surface area contributed by atoms with Crippen LogP contribution in [-0.4, -0.2) is 78.2 Å². The molecule has 1 aromatic carbocycles. The monoisotopic (exact) mass is 376 g/mol. The Bertz CT molecular complexity index is 701. The fourth-order valence-corrected chi connectivity index (χ4v) is 3.61. The summed E-state index contributed by atoms with van der Waals surface area (Å²) in [5.74, 6) is -1.10. The van der Waals surface area contributed by atoms with Gasteiger partial charge in [0.2, 0.25) is 11.8 Å². The predicted molar refractivity (Wildman–Crippen MR) is 97.2 cm³/mol. The second kappa shape index (κ2) is 8.47. The number of nitrogens with two attached hydrogens (primary N) is 1. The topological polar surface area (TPSA) is 86.9 Å². The minimum atomic E-state index is -0.369. The number of primary amides is 1. The molecule has 7 nitrogen and oxygen atoms in total. The van der Waals surface area contributed by atoms with Crippen LogP contribution in [0.5, 0.6) is 0 Å². The molecular weight excluding hydrogens is 351 g/mol. The van der Waals surface area contributed by atoms with E-state index in [1.807, 2.05) is 4.90 Å². The van der Waals surface area contributed by atoms with Crippen molar-refractivity contribution in [2.45, 2.75) is 12.8 Å². The summed E-state index contributed by atoms with van der Waals surface area (Å²) in [5.41, 5.74) is 5.83. The SMILES string of the molecule is NC(=O)C1CCCN(C(=O)CN2CCN(C(=O)c3ccc(F)cc3)CC2)C1. The quantitative estimate of drug-likeness (QED) is 0.819. The van der Waals surface area contributed by atoms with Crippen LogP contribution >= 0.6 is 0 Å². The standard InChI is InChI=1S/C19H25FN4O3/c20-16-5-3-14(4-6-16)19(27)23-10-8-22(9-11-23)13-17(25)24-7-1-2-15(12-24)18(21)26/h3-6,15H,1-2,7-13H2,(H2,21,26). The smallest absolute Gasteiger partial charge is 0.253 e. The molecule has 0 aromatic heterocycles. The van der Waals surface area contributed by atoms with E-state index in [1.54, 1.807) is 9.80 Å². The van der Waals surface area contributed by atoms with Crippen LogP contribution in [0.2, 0.25) is 0 Å². The maximum atomic E-state index is 13.0. The van der Waals surface area contributed by atoms with E-state index in [1.165, 1.54) is 24.3 Å². The van der Waals surface area contributed by atoms with E-state index in [2.05, 4.69) is 0 Å². The zero-order valence-corrected chi connectivity index (χ0v) is 15.3. The first-order chi connectivity index (χ1) is 12.9. The Morgan fingerprint density at radius 1 is 1.00 bits per heavy atom. The molecule has 2 N–H and O–H groups in total. The highest BCUT2D eigenvalue weighted by Gasteiger charge is 2.29. The number of piperidine rings is 1. The average molecular weight is 376 g/mol. The first kappa shape index (κ1) is 19.3. The molecule has 8 heteroatoms. The van der Waals surface area contributed by atoms with Gasteiger partial charge in [-0.25, -0.2) is 4.39 Å². The van der Waals surface area contributed by atoms with Crippen molar-refractivity contribution in [1.82, 2.24) is 14.7 Å². The van der Waals surface area contributed by atoms with Gasteiger partial charge in [0, 0.05) is 44.8 Å². The minimum Gasteiger partial charge on any atom is -0.369 e. The molecule has 0 saturated carbocycles. The number of hydrogen-bond donors (Lipinski definition) is 1. The van der Waals surface area contributed by atoms with Gasteiger partial charge in [0.15, 0.2) is 0 Å². The van der Waals surface area contributed by atoms with Crippen LogP contribution in [0.3, 0.4) is 0 Å². The fourth-order valence-electron chi connectivity index (χ4n) is 3.61. The second-order valence-electron chi connectivity index (χ2n) is 7.16. The van der Waals surface area contributed by atoms with Gasteiger partial charge >= 0.3 is 0 Å². The predicted octanol–water partition coefficient (Wildman–Crippen LogP) is 0.307. The first-order valence-electron chi connectivity index (χ1n) is 9.28. The number of nitrogens with zero attached hydrogens (tertiary/aromatic N) is 3. The molecule has 2 aliphatic heterocycles. The number of likely N-dealkylation sites (tertiary alicyclic amines) is 1. The summed E-state index contributed by atoms with van der Waals surface area (Å²) in [7, 11) is 0. The van der Waals surface area contributed by atoms with Crippen molar-refractivity contribution in [3.8, 4) is 0 Å². The van der Waals surface area contributed by atoms with Crippen molar-refractivity contribution in [2.24, 2.45) is 11.7 Å². The Morgan fingerprint density at radius 3 is 2.30 bits per heavy atom. The van der Waals surface area contributed by atoms with Gasteiger partial charge in [-0.05, 0) is 37.1 Å². The van der Waals surface area contributed by atoms with Gasteiger partial charge < -0.3 is 15.5 Å². The average Bonchev–Trinajstić information content (AvgIpc) is 2.68. The van der Waals surface area contributed by atoms with E-state index in [4.69, 9.17) is 5.73 Å². The number of carbonyl (C=O) groups excluding carboxylic acids is 3. The Balaban J connectivity index is 1.47. The van der Waals surface area contributed by atoms with Crippen molar-refractivity contribution in [2.75, 3.05) is 45.8 Å². The lowest BCUT2D eigenvalue weighted by Crippen LogP contribution is -2.53. The van der Waals surface area contributed by atoms with Crippen LogP contribution in [0.4, 0.5) is 4.39 Å². The van der Waals surface area contributed by atoms with Crippen LogP contribution in [0.1, 0.15) is 23.2 Å². The highest BCUT2D eigenvalue weighted by Crippen LogP contribution is 2.17. The molecule has 2 heterocycles. The number of amides is 3. The molecule has 3 amide bonds. The lowest BCUT2D eigenvalue weighted by atomic mass is 9.97. The number of benzene rings is 1. The summed E-state index contributed by atoms with van der Waals surface area (Å²) in [6, 6.07) is 5.53. The van der Waals surface area contributed by atoms with Gasteiger partial charge in [0.1, 0.15) is 5.82 Å². The Morgan fingerprint density at radius 2 is 1.67 bits per heavy atom. The van der Waals surface area contributed by atoms with Gasteiger partial charge in [0.05, 0.1) is 12.5 Å². The van der Waals surface area contributed by atoms with Crippen molar-refractivity contribution in [3.63, 3.8) is 0 Å². The van der Waals surface area contributed by atoms with Crippen molar-refractivity contribution in [1.29, 1.82) is 0 Å². The number of rotatable bonds is 4. The summed E-state index contributed by atoms with van der Waals surface area (Å²) in [5, 5.41) is 0. The molecule has 3 rings (SSSR count). The lowest BCUT2D eigenvalue weighted by Gasteiger charge is -2.37. The molecule has 0 aliphatic carbocycles. The first-order valence-corrected chi connectivity index (χ1v) is 9.28. The third kappa shape index (κ3) is 4.82. The van der Waals surface area contributed by atoms with Crippen LogP contribution in [0, 0.1) is 11.7 Å². The molecule has 2 saturated heterocycles. The summed E-state index contributed by atoms with van der Waals surface area (Å²) < 4.78 is 13.0. The third-order valence-corrected chi connectivity index (χ3v) is 5.29.